The molecule has 0 bridgehead atoms. The van der Waals surface area contributed by atoms with Gasteiger partial charge in [0, 0.05) is 37.0 Å². The molecule has 2 atom stereocenters. The summed E-state index contributed by atoms with van der Waals surface area (Å²) in [6.07, 6.45) is 2.83. The molecule has 0 saturated carbocycles. The van der Waals surface area contributed by atoms with Crippen molar-refractivity contribution < 1.29 is 0 Å². The van der Waals surface area contributed by atoms with Crippen LogP contribution in [0.2, 0.25) is 0 Å². The second-order valence-corrected chi connectivity index (χ2v) is 7.57. The van der Waals surface area contributed by atoms with Crippen molar-refractivity contribution in [1.82, 2.24) is 10.2 Å². The van der Waals surface area contributed by atoms with Gasteiger partial charge in [0.2, 0.25) is 0 Å². The molecule has 2 aliphatic rings. The number of hydrogen-bond donors (Lipinski definition) is 1. The largest absolute Gasteiger partial charge is 0.314 e. The fourth-order valence-electron chi connectivity index (χ4n) is 3.01. The molecule has 0 radical (unpaired) electrons. The molecule has 2 heterocycles. The average molecular weight is 242 g/mol. The van der Waals surface area contributed by atoms with Gasteiger partial charge < -0.3 is 5.32 Å². The molecule has 0 aliphatic carbocycles. The highest BCUT2D eigenvalue weighted by atomic mass is 32.2. The molecule has 1 N–H and O–H groups in total. The second kappa shape index (κ2) is 5.28. The molecule has 0 aromatic carbocycles. The topological polar surface area (TPSA) is 15.3 Å². The fourth-order valence-corrected chi connectivity index (χ4v) is 4.34. The van der Waals surface area contributed by atoms with Crippen molar-refractivity contribution in [3.63, 3.8) is 0 Å². The molecule has 0 amide bonds. The summed E-state index contributed by atoms with van der Waals surface area (Å²) in [4.78, 5) is 2.74. The first-order valence-corrected chi connectivity index (χ1v) is 7.68. The van der Waals surface area contributed by atoms with E-state index in [1.807, 2.05) is 0 Å². The van der Waals surface area contributed by atoms with Gasteiger partial charge in [-0.3, -0.25) is 4.90 Å². The highest BCUT2D eigenvalue weighted by Crippen LogP contribution is 2.39. The van der Waals surface area contributed by atoms with E-state index >= 15 is 0 Å². The minimum atomic E-state index is 0.532. The maximum Gasteiger partial charge on any atom is 0.0259 e. The predicted octanol–water partition coefficient (Wildman–Crippen LogP) is 2.20. The van der Waals surface area contributed by atoms with Crippen LogP contribution in [0.4, 0.5) is 0 Å². The normalized spacial score (nSPS) is 37.1. The summed E-state index contributed by atoms with van der Waals surface area (Å²) in [5.74, 6) is 2.14. The molecule has 0 aromatic heterocycles. The van der Waals surface area contributed by atoms with Gasteiger partial charge in [-0.05, 0) is 31.4 Å². The molecular weight excluding hydrogens is 216 g/mol. The van der Waals surface area contributed by atoms with E-state index in [4.69, 9.17) is 0 Å². The summed E-state index contributed by atoms with van der Waals surface area (Å²) in [5, 5.41) is 3.54. The van der Waals surface area contributed by atoms with Gasteiger partial charge in [-0.15, -0.1) is 0 Å². The number of hydrogen-bond acceptors (Lipinski definition) is 3. The molecule has 0 aromatic rings. The van der Waals surface area contributed by atoms with Crippen LogP contribution in [-0.4, -0.2) is 47.6 Å². The first-order chi connectivity index (χ1) is 7.61. The maximum atomic E-state index is 3.54. The first kappa shape index (κ1) is 12.7. The quantitative estimate of drug-likeness (QED) is 0.817. The Morgan fingerprint density at radius 3 is 2.94 bits per heavy atom. The van der Waals surface area contributed by atoms with Crippen molar-refractivity contribution in [1.29, 1.82) is 0 Å². The zero-order chi connectivity index (χ0) is 11.6. The molecule has 2 aliphatic heterocycles. The Balaban J connectivity index is 1.95. The van der Waals surface area contributed by atoms with Gasteiger partial charge in [0.15, 0.2) is 0 Å². The van der Waals surface area contributed by atoms with Crippen molar-refractivity contribution >= 4 is 11.8 Å². The summed E-state index contributed by atoms with van der Waals surface area (Å²) in [5.41, 5.74) is 0. The Hall–Kier alpha value is 0.270. The molecule has 16 heavy (non-hydrogen) atoms. The van der Waals surface area contributed by atoms with E-state index in [2.05, 4.69) is 42.7 Å². The average Bonchev–Trinajstić information content (AvgIpc) is 2.65. The van der Waals surface area contributed by atoms with Gasteiger partial charge in [-0.25, -0.2) is 0 Å². The number of thioether (sulfide) groups is 1. The lowest BCUT2D eigenvalue weighted by Crippen LogP contribution is -2.56. The summed E-state index contributed by atoms with van der Waals surface area (Å²) in [6.45, 7) is 12.1. The molecule has 2 saturated heterocycles. The lowest BCUT2D eigenvalue weighted by molar-refractivity contribution is 0.114. The Morgan fingerprint density at radius 2 is 2.31 bits per heavy atom. The number of nitrogens with zero attached hydrogens (tertiary/aromatic N) is 1. The lowest BCUT2D eigenvalue weighted by Gasteiger charge is -2.42. The number of nitrogens with one attached hydrogen (secondary N) is 1. The highest BCUT2D eigenvalue weighted by molar-refractivity contribution is 8.00. The summed E-state index contributed by atoms with van der Waals surface area (Å²) in [7, 11) is 0. The zero-order valence-corrected chi connectivity index (χ0v) is 11.8. The summed E-state index contributed by atoms with van der Waals surface area (Å²) < 4.78 is 0.532. The Bertz CT molecular complexity index is 224. The van der Waals surface area contributed by atoms with Crippen LogP contribution in [0.25, 0.3) is 0 Å². The van der Waals surface area contributed by atoms with Crippen molar-refractivity contribution in [3.05, 3.63) is 0 Å². The van der Waals surface area contributed by atoms with Gasteiger partial charge in [0.25, 0.3) is 0 Å². The SMILES string of the molecule is CC(C)C1CNCCN1CC1(C)CCCS1. The smallest absolute Gasteiger partial charge is 0.0259 e. The van der Waals surface area contributed by atoms with E-state index in [1.165, 1.54) is 44.8 Å². The standard InChI is InChI=1S/C13H26N2S/c1-11(2)12-9-14-6-7-15(12)10-13(3)5-4-8-16-13/h11-12,14H,4-10H2,1-3H3. The highest BCUT2D eigenvalue weighted by Gasteiger charge is 2.35. The van der Waals surface area contributed by atoms with Crippen molar-refractivity contribution in [2.24, 2.45) is 5.92 Å². The predicted molar refractivity (Wildman–Crippen MR) is 73.2 cm³/mol. The number of rotatable bonds is 3. The Kier molecular flexibility index (Phi) is 4.20. The van der Waals surface area contributed by atoms with Gasteiger partial charge in [0.1, 0.15) is 0 Å². The molecule has 2 nitrogen and oxygen atoms in total. The van der Waals surface area contributed by atoms with Crippen molar-refractivity contribution in [3.8, 4) is 0 Å². The van der Waals surface area contributed by atoms with Crippen molar-refractivity contribution in [2.45, 2.75) is 44.4 Å². The van der Waals surface area contributed by atoms with E-state index in [9.17, 15) is 0 Å². The number of piperazine rings is 1. The van der Waals surface area contributed by atoms with Crippen LogP contribution in [0.3, 0.4) is 0 Å². The van der Waals surface area contributed by atoms with E-state index in [0.717, 1.165) is 12.0 Å². The molecule has 2 unspecified atom stereocenters. The fraction of sp³-hybridized carbons (Fsp3) is 1.00. The minimum Gasteiger partial charge on any atom is -0.314 e. The maximum absolute atomic E-state index is 3.54. The van der Waals surface area contributed by atoms with Gasteiger partial charge in [0.05, 0.1) is 0 Å². The molecule has 94 valence electrons. The first-order valence-electron chi connectivity index (χ1n) is 6.69. The van der Waals surface area contributed by atoms with Crippen LogP contribution in [0.15, 0.2) is 0 Å². The molecule has 2 rings (SSSR count). The zero-order valence-electron chi connectivity index (χ0n) is 11.0. The van der Waals surface area contributed by atoms with Gasteiger partial charge >= 0.3 is 0 Å². The van der Waals surface area contributed by atoms with Crippen LogP contribution in [0.1, 0.15) is 33.6 Å². The van der Waals surface area contributed by atoms with Crippen LogP contribution < -0.4 is 5.32 Å². The third kappa shape index (κ3) is 2.93. The summed E-state index contributed by atoms with van der Waals surface area (Å²) in [6, 6.07) is 0.742. The minimum absolute atomic E-state index is 0.532. The Labute approximate surface area is 105 Å². The van der Waals surface area contributed by atoms with Crippen LogP contribution in [0, 0.1) is 5.92 Å². The third-order valence-electron chi connectivity index (χ3n) is 4.01. The van der Waals surface area contributed by atoms with E-state index in [1.54, 1.807) is 0 Å². The lowest BCUT2D eigenvalue weighted by atomic mass is 9.97. The van der Waals surface area contributed by atoms with Gasteiger partial charge in [-0.1, -0.05) is 13.8 Å². The molecule has 2 fully saturated rings. The van der Waals surface area contributed by atoms with Crippen LogP contribution in [-0.2, 0) is 0 Å². The van der Waals surface area contributed by atoms with Crippen molar-refractivity contribution in [2.75, 3.05) is 31.9 Å². The monoisotopic (exact) mass is 242 g/mol. The molecular formula is C13H26N2S. The second-order valence-electron chi connectivity index (χ2n) is 5.89. The van der Waals surface area contributed by atoms with E-state index < -0.39 is 0 Å². The van der Waals surface area contributed by atoms with E-state index in [0.29, 0.717) is 4.75 Å². The molecule has 0 spiro atoms. The van der Waals surface area contributed by atoms with Crippen LogP contribution in [0.5, 0.6) is 0 Å². The molecule has 3 heteroatoms. The Morgan fingerprint density at radius 1 is 1.50 bits per heavy atom. The van der Waals surface area contributed by atoms with Gasteiger partial charge in [-0.2, -0.15) is 11.8 Å². The van der Waals surface area contributed by atoms with E-state index in [-0.39, 0.29) is 0 Å². The van der Waals surface area contributed by atoms with Crippen LogP contribution >= 0.6 is 11.8 Å². The third-order valence-corrected chi connectivity index (χ3v) is 5.53. The summed E-state index contributed by atoms with van der Waals surface area (Å²) >= 11 is 2.19.